The van der Waals surface area contributed by atoms with E-state index in [1.165, 1.54) is 0 Å². The first-order valence-electron chi connectivity index (χ1n) is 6.42. The molecule has 0 saturated heterocycles. The molecule has 2 aromatic rings. The van der Waals surface area contributed by atoms with Crippen molar-refractivity contribution in [2.75, 3.05) is 5.32 Å². The van der Waals surface area contributed by atoms with Crippen molar-refractivity contribution in [3.63, 3.8) is 0 Å². The molecule has 0 bridgehead atoms. The minimum atomic E-state index is -0.186. The monoisotopic (exact) mass is 307 g/mol. The standard InChI is InChI=1S/C16H15Cl2NO/c1-2-15(11-6-4-3-5-7-11)16(20)19-14-9-12(17)8-13(18)10-14/h3-10,15H,2H2,1H3,(H,19,20)/t15-/m1/s1. The van der Waals surface area contributed by atoms with Gasteiger partial charge in [0.1, 0.15) is 0 Å². The smallest absolute Gasteiger partial charge is 0.231 e. The van der Waals surface area contributed by atoms with Crippen molar-refractivity contribution in [3.05, 3.63) is 64.1 Å². The molecule has 4 heteroatoms. The van der Waals surface area contributed by atoms with Gasteiger partial charge in [-0.15, -0.1) is 0 Å². The molecule has 0 spiro atoms. The van der Waals surface area contributed by atoms with Gasteiger partial charge in [-0.05, 0) is 30.2 Å². The van der Waals surface area contributed by atoms with Gasteiger partial charge in [-0.2, -0.15) is 0 Å². The van der Waals surface area contributed by atoms with E-state index >= 15 is 0 Å². The third-order valence-electron chi connectivity index (χ3n) is 3.06. The molecular formula is C16H15Cl2NO. The van der Waals surface area contributed by atoms with Crippen molar-refractivity contribution in [2.45, 2.75) is 19.3 Å². The Morgan fingerprint density at radius 2 is 1.70 bits per heavy atom. The zero-order chi connectivity index (χ0) is 14.5. The van der Waals surface area contributed by atoms with Crippen molar-refractivity contribution in [1.82, 2.24) is 0 Å². The molecule has 1 atom stereocenters. The van der Waals surface area contributed by atoms with E-state index in [1.807, 2.05) is 37.3 Å². The fraction of sp³-hybridized carbons (Fsp3) is 0.188. The Labute approximate surface area is 128 Å². The van der Waals surface area contributed by atoms with Gasteiger partial charge in [0.25, 0.3) is 0 Å². The summed E-state index contributed by atoms with van der Waals surface area (Å²) in [5.74, 6) is -0.244. The summed E-state index contributed by atoms with van der Waals surface area (Å²) in [7, 11) is 0. The highest BCUT2D eigenvalue weighted by atomic mass is 35.5. The van der Waals surface area contributed by atoms with E-state index in [0.29, 0.717) is 15.7 Å². The van der Waals surface area contributed by atoms with Crippen LogP contribution in [-0.2, 0) is 4.79 Å². The van der Waals surface area contributed by atoms with Gasteiger partial charge in [0.2, 0.25) is 5.91 Å². The van der Waals surface area contributed by atoms with Crippen LogP contribution in [0.1, 0.15) is 24.8 Å². The van der Waals surface area contributed by atoms with E-state index in [1.54, 1.807) is 18.2 Å². The molecule has 0 unspecified atom stereocenters. The average molecular weight is 308 g/mol. The van der Waals surface area contributed by atoms with Gasteiger partial charge in [-0.3, -0.25) is 4.79 Å². The van der Waals surface area contributed by atoms with Gasteiger partial charge in [-0.25, -0.2) is 0 Å². The van der Waals surface area contributed by atoms with Crippen molar-refractivity contribution in [3.8, 4) is 0 Å². The SMILES string of the molecule is CC[C@@H](C(=O)Nc1cc(Cl)cc(Cl)c1)c1ccccc1. The van der Waals surface area contributed by atoms with Crippen molar-refractivity contribution in [1.29, 1.82) is 0 Å². The van der Waals surface area contributed by atoms with E-state index in [0.717, 1.165) is 12.0 Å². The maximum Gasteiger partial charge on any atom is 0.231 e. The van der Waals surface area contributed by atoms with Crippen LogP contribution in [0.5, 0.6) is 0 Å². The lowest BCUT2D eigenvalue weighted by atomic mass is 9.95. The molecule has 104 valence electrons. The second-order valence-corrected chi connectivity index (χ2v) is 5.39. The molecule has 0 aliphatic rings. The molecule has 2 rings (SSSR count). The van der Waals surface area contributed by atoms with E-state index in [4.69, 9.17) is 23.2 Å². The number of halogens is 2. The van der Waals surface area contributed by atoms with Crippen LogP contribution >= 0.6 is 23.2 Å². The van der Waals surface area contributed by atoms with E-state index in [2.05, 4.69) is 5.32 Å². The molecule has 0 saturated carbocycles. The molecule has 0 fully saturated rings. The summed E-state index contributed by atoms with van der Waals surface area (Å²) >= 11 is 11.9. The number of carbonyl (C=O) groups excluding carboxylic acids is 1. The molecular weight excluding hydrogens is 293 g/mol. The Hall–Kier alpha value is -1.51. The first-order valence-corrected chi connectivity index (χ1v) is 7.17. The highest BCUT2D eigenvalue weighted by Crippen LogP contribution is 2.25. The Morgan fingerprint density at radius 1 is 1.10 bits per heavy atom. The quantitative estimate of drug-likeness (QED) is 0.834. The topological polar surface area (TPSA) is 29.1 Å². The maximum atomic E-state index is 12.4. The second-order valence-electron chi connectivity index (χ2n) is 4.52. The summed E-state index contributed by atoms with van der Waals surface area (Å²) in [4.78, 5) is 12.4. The zero-order valence-electron chi connectivity index (χ0n) is 11.1. The lowest BCUT2D eigenvalue weighted by Gasteiger charge is -2.15. The Balaban J connectivity index is 2.18. The number of nitrogens with one attached hydrogen (secondary N) is 1. The number of hydrogen-bond acceptors (Lipinski definition) is 1. The Kier molecular flexibility index (Phi) is 5.05. The highest BCUT2D eigenvalue weighted by molar-refractivity contribution is 6.35. The van der Waals surface area contributed by atoms with Crippen molar-refractivity contribution < 1.29 is 4.79 Å². The Morgan fingerprint density at radius 3 is 2.25 bits per heavy atom. The third kappa shape index (κ3) is 3.75. The lowest BCUT2D eigenvalue weighted by Crippen LogP contribution is -2.20. The van der Waals surface area contributed by atoms with Crippen molar-refractivity contribution in [2.24, 2.45) is 0 Å². The predicted molar refractivity (Wildman–Crippen MR) is 84.6 cm³/mol. The minimum absolute atomic E-state index is 0.0583. The molecule has 0 heterocycles. The molecule has 0 aromatic heterocycles. The van der Waals surface area contributed by atoms with Crippen LogP contribution in [0.2, 0.25) is 10.0 Å². The van der Waals surface area contributed by atoms with Gasteiger partial charge in [0.15, 0.2) is 0 Å². The summed E-state index contributed by atoms with van der Waals surface area (Å²) in [6.07, 6.45) is 0.726. The molecule has 20 heavy (non-hydrogen) atoms. The number of hydrogen-bond donors (Lipinski definition) is 1. The number of carbonyl (C=O) groups is 1. The summed E-state index contributed by atoms with van der Waals surface area (Å²) in [5.41, 5.74) is 1.61. The average Bonchev–Trinajstić information content (AvgIpc) is 2.39. The summed E-state index contributed by atoms with van der Waals surface area (Å²) < 4.78 is 0. The van der Waals surface area contributed by atoms with Crippen LogP contribution in [-0.4, -0.2) is 5.91 Å². The van der Waals surface area contributed by atoms with Gasteiger partial charge in [0.05, 0.1) is 5.92 Å². The number of rotatable bonds is 4. The molecule has 0 aliphatic carbocycles. The Bertz CT molecular complexity index is 578. The lowest BCUT2D eigenvalue weighted by molar-refractivity contribution is -0.117. The summed E-state index contributed by atoms with van der Waals surface area (Å²) in [6.45, 7) is 1.99. The van der Waals surface area contributed by atoms with Crippen LogP contribution < -0.4 is 5.32 Å². The fourth-order valence-electron chi connectivity index (χ4n) is 2.11. The normalized spacial score (nSPS) is 11.9. The molecule has 1 N–H and O–H groups in total. The zero-order valence-corrected chi connectivity index (χ0v) is 12.6. The van der Waals surface area contributed by atoms with Crippen LogP contribution in [0, 0.1) is 0 Å². The van der Waals surface area contributed by atoms with E-state index in [9.17, 15) is 4.79 Å². The van der Waals surface area contributed by atoms with Crippen LogP contribution in [0.4, 0.5) is 5.69 Å². The minimum Gasteiger partial charge on any atom is -0.325 e. The highest BCUT2D eigenvalue weighted by Gasteiger charge is 2.18. The molecule has 0 aliphatic heterocycles. The first kappa shape index (κ1) is 14.9. The molecule has 0 radical (unpaired) electrons. The van der Waals surface area contributed by atoms with Gasteiger partial charge in [0, 0.05) is 15.7 Å². The van der Waals surface area contributed by atoms with Gasteiger partial charge in [-0.1, -0.05) is 60.5 Å². The number of benzene rings is 2. The van der Waals surface area contributed by atoms with Crippen molar-refractivity contribution >= 4 is 34.8 Å². The second kappa shape index (κ2) is 6.78. The van der Waals surface area contributed by atoms with Gasteiger partial charge < -0.3 is 5.32 Å². The first-order chi connectivity index (χ1) is 9.60. The third-order valence-corrected chi connectivity index (χ3v) is 3.49. The van der Waals surface area contributed by atoms with Crippen LogP contribution in [0.25, 0.3) is 0 Å². The number of anilines is 1. The summed E-state index contributed by atoms with van der Waals surface area (Å²) in [5, 5.41) is 3.87. The van der Waals surface area contributed by atoms with Crippen LogP contribution in [0.3, 0.4) is 0 Å². The maximum absolute atomic E-state index is 12.4. The van der Waals surface area contributed by atoms with Crippen LogP contribution in [0.15, 0.2) is 48.5 Å². The molecule has 1 amide bonds. The van der Waals surface area contributed by atoms with E-state index in [-0.39, 0.29) is 11.8 Å². The van der Waals surface area contributed by atoms with Gasteiger partial charge >= 0.3 is 0 Å². The number of amides is 1. The summed E-state index contributed by atoms with van der Waals surface area (Å²) in [6, 6.07) is 14.7. The van der Waals surface area contributed by atoms with E-state index < -0.39 is 0 Å². The molecule has 2 aromatic carbocycles. The predicted octanol–water partition coefficient (Wildman–Crippen LogP) is 5.13. The molecule has 2 nitrogen and oxygen atoms in total. The largest absolute Gasteiger partial charge is 0.325 e. The fourth-order valence-corrected chi connectivity index (χ4v) is 2.64.